The molecule has 144 heavy (non-hydrogen) atoms. The molecule has 0 aliphatic carbocycles. The Morgan fingerprint density at radius 2 is 0.257 bits per heavy atom. The molecule has 2 N–H and O–H groups in total. The lowest BCUT2D eigenvalue weighted by Gasteiger charge is -2.47. The number of carbonyl (C=O) groups excluding carboxylic acids is 2. The highest BCUT2D eigenvalue weighted by Crippen LogP contribution is 2.48. The van der Waals surface area contributed by atoms with E-state index in [0.29, 0.717) is 24.2 Å². The molecule has 0 aliphatic rings. The van der Waals surface area contributed by atoms with Crippen molar-refractivity contribution < 1.29 is 9.59 Å². The summed E-state index contributed by atoms with van der Waals surface area (Å²) in [5, 5.41) is 0. The fraction of sp³-hybridized carbons (Fsp3) is 0.986. The zero-order valence-corrected chi connectivity index (χ0v) is 101. The molecule has 2 atom stereocenters. The van der Waals surface area contributed by atoms with Gasteiger partial charge in [0.2, 0.25) is 0 Å². The topological polar surface area (TPSA) is 60.2 Å². The predicted molar refractivity (Wildman–Crippen MR) is 657 cm³/mol. The molecule has 0 bridgehead atoms. The first-order valence-corrected chi connectivity index (χ1v) is 70.3. The van der Waals surface area contributed by atoms with E-state index < -0.39 is 0 Å². The van der Waals surface area contributed by atoms with Crippen LogP contribution in [0, 0.1) is 11.3 Å². The molecule has 862 valence electrons. The van der Waals surface area contributed by atoms with E-state index in [0.717, 1.165) is 18.8 Å². The highest BCUT2D eigenvalue weighted by atomic mass is 16.2. The SMILES string of the molecule is CCCCCCCCCCCCCCCCCCCCCCCCCCCCCCC(CCCCCCCCCCCCCCCCCC(=O)C=O)C(CCCCCCCCCCCCCCCCCCCCCCCCCCCCCC)(CCCCCCCCCCCCCCCCCCCCCCCCCCCCCC)C(N)CCCCCCCCCCCCCCCCCCCCCCCCCCCCC. The van der Waals surface area contributed by atoms with Crippen LogP contribution in [-0.2, 0) is 9.59 Å². The molecule has 0 rings (SSSR count). The van der Waals surface area contributed by atoms with Gasteiger partial charge in [0.05, 0.1) is 0 Å². The fourth-order valence-corrected chi connectivity index (χ4v) is 25.4. The Kier molecular flexibility index (Phi) is 130. The monoisotopic (exact) mass is 2020 g/mol. The average Bonchev–Trinajstić information content (AvgIpc) is 0.798. The number of nitrogens with two attached hydrogens (primary N) is 1. The van der Waals surface area contributed by atoms with Gasteiger partial charge in [0.25, 0.3) is 0 Å². The fourth-order valence-electron chi connectivity index (χ4n) is 25.4. The molecule has 0 amide bonds. The Bertz CT molecular complexity index is 2180. The van der Waals surface area contributed by atoms with Crippen molar-refractivity contribution in [1.82, 2.24) is 0 Å². The molecule has 0 aromatic rings. The highest BCUT2D eigenvalue weighted by molar-refractivity contribution is 6.24. The first kappa shape index (κ1) is 143. The summed E-state index contributed by atoms with van der Waals surface area (Å²) in [6.07, 6.45) is 191. The van der Waals surface area contributed by atoms with E-state index in [1.165, 1.54) is 828 Å². The summed E-state index contributed by atoms with van der Waals surface area (Å²) in [4.78, 5) is 22.2. The van der Waals surface area contributed by atoms with E-state index >= 15 is 0 Å². The third-order valence-electron chi connectivity index (χ3n) is 35.7. The van der Waals surface area contributed by atoms with Crippen LogP contribution in [0.5, 0.6) is 0 Å². The van der Waals surface area contributed by atoms with Crippen molar-refractivity contribution >= 4 is 12.1 Å². The second-order valence-corrected chi connectivity index (χ2v) is 49.9. The quantitative estimate of drug-likeness (QED) is 0.0375. The molecule has 0 saturated carbocycles. The van der Waals surface area contributed by atoms with E-state index in [1.807, 2.05) is 0 Å². The van der Waals surface area contributed by atoms with Gasteiger partial charge in [-0.15, -0.1) is 0 Å². The van der Waals surface area contributed by atoms with E-state index in [-0.39, 0.29) is 5.78 Å². The Hall–Kier alpha value is -0.700. The van der Waals surface area contributed by atoms with Gasteiger partial charge >= 0.3 is 0 Å². The molecular weight excluding hydrogens is 1740 g/mol. The molecule has 0 radical (unpaired) electrons. The normalized spacial score (nSPS) is 12.4. The number of rotatable bonds is 136. The third kappa shape index (κ3) is 117. The van der Waals surface area contributed by atoms with E-state index in [4.69, 9.17) is 5.73 Å². The lowest BCUT2D eigenvalue weighted by Crippen LogP contribution is -2.47. The standard InChI is InChI=1S/C141H281NO2/c1-5-9-13-17-21-25-29-33-37-41-45-49-53-57-61-65-68-72-76-80-84-89-95-101-107-113-119-125-131-138(132-126-120-114-108-102-96-90-88-91-97-103-109-115-121-127-133-139(144)137-143)141(135-129-123-117-111-105-99-93-86-82-78-74-70-66-62-58-54-50-46-42-38-34-30-26-22-18-14-10-6-2,136-130-124-118-112-106-100-94-87-83-79-75-71-67-63-59-55-51-47-43-39-35-31-27-23-19-15-11-7-3)140(142)134-128-122-116-110-104-98-92-85-81-77-73-69-64-60-56-52-48-44-40-36-32-28-24-20-16-12-8-4/h137-138,140H,5-136,142H2,1-4H3. The summed E-state index contributed by atoms with van der Waals surface area (Å²) in [6.45, 7) is 9.32. The highest BCUT2D eigenvalue weighted by Gasteiger charge is 2.42. The number of hydrogen-bond donors (Lipinski definition) is 1. The van der Waals surface area contributed by atoms with E-state index in [2.05, 4.69) is 27.7 Å². The van der Waals surface area contributed by atoms with Crippen LogP contribution in [0.2, 0.25) is 0 Å². The van der Waals surface area contributed by atoms with Crippen molar-refractivity contribution in [3.8, 4) is 0 Å². The molecule has 0 fully saturated rings. The van der Waals surface area contributed by atoms with Crippen molar-refractivity contribution in [2.45, 2.75) is 881 Å². The molecule has 0 aromatic heterocycles. The molecule has 0 aromatic carbocycles. The Morgan fingerprint density at radius 1 is 0.153 bits per heavy atom. The molecule has 3 heteroatoms. The zero-order valence-electron chi connectivity index (χ0n) is 101. The first-order chi connectivity index (χ1) is 71.5. The average molecular weight is 2020 g/mol. The molecule has 0 spiro atoms. The van der Waals surface area contributed by atoms with E-state index in [1.54, 1.807) is 0 Å². The van der Waals surface area contributed by atoms with Crippen molar-refractivity contribution in [1.29, 1.82) is 0 Å². The maximum Gasteiger partial charge on any atom is 0.195 e. The van der Waals surface area contributed by atoms with Gasteiger partial charge in [0.15, 0.2) is 12.1 Å². The van der Waals surface area contributed by atoms with Gasteiger partial charge < -0.3 is 5.73 Å². The van der Waals surface area contributed by atoms with Gasteiger partial charge in [-0.3, -0.25) is 9.59 Å². The third-order valence-corrected chi connectivity index (χ3v) is 35.7. The molecular formula is C141H281NO2. The van der Waals surface area contributed by atoms with E-state index in [9.17, 15) is 9.59 Å². The number of aldehydes is 1. The summed E-state index contributed by atoms with van der Waals surface area (Å²) >= 11 is 0. The van der Waals surface area contributed by atoms with Crippen LogP contribution >= 0.6 is 0 Å². The number of carbonyl (C=O) groups is 2. The molecule has 3 nitrogen and oxygen atoms in total. The van der Waals surface area contributed by atoms with Crippen LogP contribution in [0.1, 0.15) is 875 Å². The van der Waals surface area contributed by atoms with Gasteiger partial charge in [0, 0.05) is 12.5 Å². The molecule has 2 unspecified atom stereocenters. The van der Waals surface area contributed by atoms with Gasteiger partial charge in [-0.2, -0.15) is 0 Å². The maximum atomic E-state index is 11.4. The number of unbranched alkanes of at least 4 members (excludes halogenated alkanes) is 121. The van der Waals surface area contributed by atoms with Crippen LogP contribution in [0.4, 0.5) is 0 Å². The summed E-state index contributed by atoms with van der Waals surface area (Å²) in [5.41, 5.74) is 8.53. The van der Waals surface area contributed by atoms with Gasteiger partial charge in [-0.05, 0) is 49.9 Å². The number of Topliss-reactive ketones (excluding diaryl/α,β-unsaturated/α-hetero) is 1. The van der Waals surface area contributed by atoms with Gasteiger partial charge in [0.1, 0.15) is 0 Å². The lowest BCUT2D eigenvalue weighted by molar-refractivity contribution is -0.129. The second kappa shape index (κ2) is 131. The smallest absolute Gasteiger partial charge is 0.195 e. The summed E-state index contributed by atoms with van der Waals surface area (Å²) in [6, 6.07) is 0.356. The minimum Gasteiger partial charge on any atom is -0.327 e. The van der Waals surface area contributed by atoms with Crippen molar-refractivity contribution in [2.24, 2.45) is 17.1 Å². The Morgan fingerprint density at radius 3 is 0.382 bits per heavy atom. The largest absolute Gasteiger partial charge is 0.327 e. The van der Waals surface area contributed by atoms with Crippen LogP contribution in [0.15, 0.2) is 0 Å². The lowest BCUT2D eigenvalue weighted by atomic mass is 9.60. The summed E-state index contributed by atoms with van der Waals surface area (Å²) in [5.74, 6) is 0.564. The second-order valence-electron chi connectivity index (χ2n) is 49.9. The van der Waals surface area contributed by atoms with Crippen molar-refractivity contribution in [3.05, 3.63) is 0 Å². The van der Waals surface area contributed by atoms with Crippen LogP contribution < -0.4 is 5.73 Å². The van der Waals surface area contributed by atoms with Crippen LogP contribution in [0.25, 0.3) is 0 Å². The Labute approximate surface area is 913 Å². The number of ketones is 1. The first-order valence-electron chi connectivity index (χ1n) is 70.3. The summed E-state index contributed by atoms with van der Waals surface area (Å²) < 4.78 is 0. The molecule has 0 heterocycles. The van der Waals surface area contributed by atoms with Crippen molar-refractivity contribution in [2.75, 3.05) is 0 Å². The zero-order chi connectivity index (χ0) is 103. The minimum absolute atomic E-state index is 0.228. The van der Waals surface area contributed by atoms with Gasteiger partial charge in [-0.1, -0.05) is 830 Å². The predicted octanol–water partition coefficient (Wildman–Crippen LogP) is 52.3. The molecule has 0 aliphatic heterocycles. The Balaban J connectivity index is 6.06. The van der Waals surface area contributed by atoms with Crippen LogP contribution in [0.3, 0.4) is 0 Å². The van der Waals surface area contributed by atoms with Crippen LogP contribution in [-0.4, -0.2) is 18.1 Å². The minimum atomic E-state index is -0.228. The molecule has 0 saturated heterocycles. The van der Waals surface area contributed by atoms with Gasteiger partial charge in [-0.25, -0.2) is 0 Å². The maximum absolute atomic E-state index is 11.4. The number of hydrogen-bond acceptors (Lipinski definition) is 3. The summed E-state index contributed by atoms with van der Waals surface area (Å²) in [7, 11) is 0. The van der Waals surface area contributed by atoms with Crippen molar-refractivity contribution in [3.63, 3.8) is 0 Å².